The maximum absolute atomic E-state index is 12.7. The van der Waals surface area contributed by atoms with E-state index in [1.54, 1.807) is 0 Å². The Labute approximate surface area is 149 Å². The second-order valence-electron chi connectivity index (χ2n) is 5.71. The Morgan fingerprint density at radius 3 is 2.08 bits per heavy atom. The summed E-state index contributed by atoms with van der Waals surface area (Å²) in [5.74, 6) is 0. The number of primary sulfonamides is 1. The Hall–Kier alpha value is -1.26. The number of hydrogen-bond acceptors (Lipinski definition) is 4. The van der Waals surface area contributed by atoms with Gasteiger partial charge in [-0.3, -0.25) is 0 Å². The molecular formula is C15H15BrN2O4S2. The van der Waals surface area contributed by atoms with Crippen LogP contribution >= 0.6 is 15.9 Å². The van der Waals surface area contributed by atoms with Crippen molar-refractivity contribution in [1.29, 1.82) is 0 Å². The second-order valence-corrected chi connectivity index (χ2v) is 9.87. The number of benzene rings is 2. The van der Waals surface area contributed by atoms with Gasteiger partial charge in [-0.2, -0.15) is 0 Å². The minimum absolute atomic E-state index is 0.127. The lowest BCUT2D eigenvalue weighted by Crippen LogP contribution is -2.35. The molecule has 1 saturated carbocycles. The molecule has 2 aromatic carbocycles. The molecule has 0 bridgehead atoms. The van der Waals surface area contributed by atoms with Gasteiger partial charge in [-0.1, -0.05) is 34.1 Å². The van der Waals surface area contributed by atoms with Gasteiger partial charge in [0.1, 0.15) is 0 Å². The summed E-state index contributed by atoms with van der Waals surface area (Å²) < 4.78 is 51.7. The van der Waals surface area contributed by atoms with Crippen molar-refractivity contribution in [2.75, 3.05) is 0 Å². The molecule has 0 atom stereocenters. The maximum atomic E-state index is 12.7. The Bertz CT molecular complexity index is 982. The van der Waals surface area contributed by atoms with Crippen molar-refractivity contribution in [2.45, 2.75) is 28.2 Å². The van der Waals surface area contributed by atoms with E-state index in [0.29, 0.717) is 12.8 Å². The fraction of sp³-hybridized carbons (Fsp3) is 0.200. The van der Waals surface area contributed by atoms with Crippen molar-refractivity contribution in [3.8, 4) is 0 Å². The van der Waals surface area contributed by atoms with Gasteiger partial charge in [0.05, 0.1) is 15.3 Å². The van der Waals surface area contributed by atoms with Gasteiger partial charge in [-0.05, 0) is 48.7 Å². The molecule has 0 saturated heterocycles. The normalized spacial score (nSPS) is 16.8. The van der Waals surface area contributed by atoms with Gasteiger partial charge >= 0.3 is 0 Å². The first-order chi connectivity index (χ1) is 11.1. The van der Waals surface area contributed by atoms with Gasteiger partial charge in [-0.15, -0.1) is 0 Å². The van der Waals surface area contributed by atoms with E-state index in [9.17, 15) is 16.8 Å². The zero-order valence-corrected chi connectivity index (χ0v) is 15.7. The molecule has 0 amide bonds. The number of sulfonamides is 2. The molecule has 2 aromatic rings. The third kappa shape index (κ3) is 3.55. The highest BCUT2D eigenvalue weighted by Crippen LogP contribution is 2.46. The third-order valence-corrected chi connectivity index (χ3v) is 6.89. The number of halogens is 1. The first-order valence-corrected chi connectivity index (χ1v) is 10.9. The predicted octanol–water partition coefficient (Wildman–Crippen LogP) is 2.06. The van der Waals surface area contributed by atoms with Crippen LogP contribution in [0.1, 0.15) is 18.4 Å². The summed E-state index contributed by atoms with van der Waals surface area (Å²) in [5.41, 5.74) is 0.230. The monoisotopic (exact) mass is 430 g/mol. The molecule has 0 radical (unpaired) electrons. The number of nitrogens with one attached hydrogen (secondary N) is 1. The van der Waals surface area contributed by atoms with Gasteiger partial charge in [0.2, 0.25) is 20.0 Å². The SMILES string of the molecule is NS(=O)(=O)c1cccc(S(=O)(=O)NC2(c3ccc(Br)cc3)CC2)c1. The largest absolute Gasteiger partial charge is 0.241 e. The molecule has 0 unspecified atom stereocenters. The molecule has 0 aliphatic heterocycles. The highest BCUT2D eigenvalue weighted by Gasteiger charge is 2.47. The highest BCUT2D eigenvalue weighted by atomic mass is 79.9. The van der Waals surface area contributed by atoms with E-state index in [1.807, 2.05) is 24.3 Å². The number of rotatable bonds is 5. The first-order valence-electron chi connectivity index (χ1n) is 7.05. The molecule has 9 heteroatoms. The van der Waals surface area contributed by atoms with Crippen LogP contribution in [0.15, 0.2) is 62.8 Å². The molecule has 1 aliphatic rings. The smallest absolute Gasteiger partial charge is 0.225 e. The van der Waals surface area contributed by atoms with Crippen LogP contribution in [-0.4, -0.2) is 16.8 Å². The van der Waals surface area contributed by atoms with Crippen molar-refractivity contribution < 1.29 is 16.8 Å². The zero-order valence-electron chi connectivity index (χ0n) is 12.4. The van der Waals surface area contributed by atoms with Crippen LogP contribution in [0.5, 0.6) is 0 Å². The van der Waals surface area contributed by atoms with E-state index in [-0.39, 0.29) is 9.79 Å². The standard InChI is InChI=1S/C15H15BrN2O4S2/c16-12-6-4-11(5-7-12)15(8-9-15)18-24(21,22)14-3-1-2-13(10-14)23(17,19)20/h1-7,10,18H,8-9H2,(H2,17,19,20). The van der Waals surface area contributed by atoms with E-state index >= 15 is 0 Å². The Morgan fingerprint density at radius 1 is 0.958 bits per heavy atom. The third-order valence-electron chi connectivity index (χ3n) is 3.92. The average Bonchev–Trinajstić information content (AvgIpc) is 3.27. The Kier molecular flexibility index (Phi) is 4.33. The summed E-state index contributed by atoms with van der Waals surface area (Å²) in [6.07, 6.45) is 1.37. The Morgan fingerprint density at radius 2 is 1.54 bits per heavy atom. The first kappa shape index (κ1) is 17.6. The minimum atomic E-state index is -3.97. The summed E-state index contributed by atoms with van der Waals surface area (Å²) in [6, 6.07) is 12.4. The van der Waals surface area contributed by atoms with Gasteiger partial charge in [0.15, 0.2) is 0 Å². The van der Waals surface area contributed by atoms with E-state index in [0.717, 1.165) is 16.1 Å². The molecular weight excluding hydrogens is 416 g/mol. The lowest BCUT2D eigenvalue weighted by atomic mass is 10.1. The lowest BCUT2D eigenvalue weighted by molar-refractivity contribution is 0.551. The predicted molar refractivity (Wildman–Crippen MR) is 93.2 cm³/mol. The number of hydrogen-bond donors (Lipinski definition) is 2. The summed E-state index contributed by atoms with van der Waals surface area (Å²) in [6.45, 7) is 0. The van der Waals surface area contributed by atoms with Crippen molar-refractivity contribution in [3.63, 3.8) is 0 Å². The van der Waals surface area contributed by atoms with Gasteiger partial charge in [-0.25, -0.2) is 26.7 Å². The van der Waals surface area contributed by atoms with Crippen LogP contribution in [0.2, 0.25) is 0 Å². The van der Waals surface area contributed by atoms with E-state index < -0.39 is 25.6 Å². The van der Waals surface area contributed by atoms with Crippen molar-refractivity contribution in [2.24, 2.45) is 5.14 Å². The molecule has 128 valence electrons. The molecule has 1 aliphatic carbocycles. The van der Waals surface area contributed by atoms with Crippen LogP contribution in [0.3, 0.4) is 0 Å². The molecule has 6 nitrogen and oxygen atoms in total. The fourth-order valence-electron chi connectivity index (χ4n) is 2.48. The molecule has 3 rings (SSSR count). The fourth-order valence-corrected chi connectivity index (χ4v) is 4.87. The minimum Gasteiger partial charge on any atom is -0.225 e. The summed E-state index contributed by atoms with van der Waals surface area (Å²) >= 11 is 3.35. The van der Waals surface area contributed by atoms with Crippen LogP contribution in [0, 0.1) is 0 Å². The van der Waals surface area contributed by atoms with Gasteiger partial charge < -0.3 is 0 Å². The van der Waals surface area contributed by atoms with Gasteiger partial charge in [0.25, 0.3) is 0 Å². The highest BCUT2D eigenvalue weighted by molar-refractivity contribution is 9.10. The van der Waals surface area contributed by atoms with Crippen molar-refractivity contribution in [1.82, 2.24) is 4.72 Å². The molecule has 3 N–H and O–H groups in total. The zero-order chi connectivity index (χ0) is 17.6. The molecule has 0 aromatic heterocycles. The molecule has 0 spiro atoms. The van der Waals surface area contributed by atoms with Crippen LogP contribution < -0.4 is 9.86 Å². The molecule has 0 heterocycles. The summed E-state index contributed by atoms with van der Waals surface area (Å²) in [5, 5.41) is 5.07. The summed E-state index contributed by atoms with van der Waals surface area (Å²) in [7, 11) is -7.85. The molecule has 24 heavy (non-hydrogen) atoms. The molecule has 1 fully saturated rings. The summed E-state index contributed by atoms with van der Waals surface area (Å²) in [4.78, 5) is -0.365. The number of nitrogens with two attached hydrogens (primary N) is 1. The van der Waals surface area contributed by atoms with E-state index in [1.165, 1.54) is 18.2 Å². The topological polar surface area (TPSA) is 106 Å². The van der Waals surface area contributed by atoms with Crippen LogP contribution in [-0.2, 0) is 25.6 Å². The average molecular weight is 431 g/mol. The van der Waals surface area contributed by atoms with E-state index in [2.05, 4.69) is 20.7 Å². The quantitative estimate of drug-likeness (QED) is 0.756. The van der Waals surface area contributed by atoms with E-state index in [4.69, 9.17) is 5.14 Å². The second kappa shape index (κ2) is 5.92. The van der Waals surface area contributed by atoms with Crippen LogP contribution in [0.25, 0.3) is 0 Å². The maximum Gasteiger partial charge on any atom is 0.241 e. The Balaban J connectivity index is 1.93. The van der Waals surface area contributed by atoms with Gasteiger partial charge in [0, 0.05) is 4.47 Å². The van der Waals surface area contributed by atoms with Crippen molar-refractivity contribution >= 4 is 36.0 Å². The van der Waals surface area contributed by atoms with Crippen LogP contribution in [0.4, 0.5) is 0 Å². The lowest BCUT2D eigenvalue weighted by Gasteiger charge is -2.18. The van der Waals surface area contributed by atoms with Crippen molar-refractivity contribution in [3.05, 3.63) is 58.6 Å².